The van der Waals surface area contributed by atoms with Crippen LogP contribution in [0.5, 0.6) is 5.75 Å². The van der Waals surface area contributed by atoms with Crippen molar-refractivity contribution in [3.8, 4) is 5.75 Å². The van der Waals surface area contributed by atoms with Gasteiger partial charge in [-0.1, -0.05) is 43.7 Å². The quantitative estimate of drug-likeness (QED) is 0.523. The highest BCUT2D eigenvalue weighted by Crippen LogP contribution is 2.33. The molecule has 0 fully saturated rings. The fourth-order valence-electron chi connectivity index (χ4n) is 3.17. The average Bonchev–Trinajstić information content (AvgIpc) is 2.67. The van der Waals surface area contributed by atoms with Crippen LogP contribution in [0.25, 0.3) is 10.9 Å². The Bertz CT molecular complexity index is 917. The Balaban J connectivity index is 2.09. The van der Waals surface area contributed by atoms with Gasteiger partial charge in [-0.05, 0) is 49.9 Å². The Morgan fingerprint density at radius 2 is 1.85 bits per heavy atom. The van der Waals surface area contributed by atoms with E-state index < -0.39 is 0 Å². The van der Waals surface area contributed by atoms with Gasteiger partial charge in [-0.25, -0.2) is 0 Å². The number of aromatic nitrogens is 1. The Kier molecular flexibility index (Phi) is 5.67. The first-order valence-corrected chi connectivity index (χ1v) is 9.19. The number of benzene rings is 2. The third kappa shape index (κ3) is 3.77. The summed E-state index contributed by atoms with van der Waals surface area (Å²) in [5.41, 5.74) is 5.57. The Morgan fingerprint density at radius 1 is 1.08 bits per heavy atom. The number of hydrogen-bond donors (Lipinski definition) is 0. The number of hydrogen-bond acceptors (Lipinski definition) is 3. The van der Waals surface area contributed by atoms with Gasteiger partial charge in [0.15, 0.2) is 6.29 Å². The molecule has 3 aromatic rings. The van der Waals surface area contributed by atoms with Crippen molar-refractivity contribution in [2.75, 3.05) is 0 Å². The molecule has 0 saturated carbocycles. The normalized spacial score (nSPS) is 10.9. The monoisotopic (exact) mass is 347 g/mol. The molecule has 0 radical (unpaired) electrons. The zero-order chi connectivity index (χ0) is 18.5. The fraction of sp³-hybridized carbons (Fsp3) is 0.304. The summed E-state index contributed by atoms with van der Waals surface area (Å²) in [5, 5.41) is 0.930. The number of unbranched alkanes of at least 4 members (excludes halogenated alkanes) is 1. The van der Waals surface area contributed by atoms with E-state index in [4.69, 9.17) is 4.74 Å². The first-order chi connectivity index (χ1) is 12.6. The van der Waals surface area contributed by atoms with E-state index in [-0.39, 0.29) is 0 Å². The van der Waals surface area contributed by atoms with Gasteiger partial charge < -0.3 is 4.74 Å². The molecule has 3 heteroatoms. The molecule has 0 aliphatic carbocycles. The van der Waals surface area contributed by atoms with Crippen LogP contribution < -0.4 is 4.74 Å². The van der Waals surface area contributed by atoms with Crippen molar-refractivity contribution < 1.29 is 9.53 Å². The van der Waals surface area contributed by atoms with Crippen molar-refractivity contribution in [1.29, 1.82) is 0 Å². The van der Waals surface area contributed by atoms with Crippen molar-refractivity contribution in [1.82, 2.24) is 4.98 Å². The van der Waals surface area contributed by atoms with Crippen molar-refractivity contribution in [2.24, 2.45) is 0 Å². The van der Waals surface area contributed by atoms with Gasteiger partial charge in [0.1, 0.15) is 12.4 Å². The molecule has 0 aliphatic heterocycles. The average molecular weight is 347 g/mol. The molecule has 0 spiro atoms. The molecule has 0 unspecified atom stereocenters. The van der Waals surface area contributed by atoms with E-state index in [9.17, 15) is 4.79 Å². The minimum atomic E-state index is 0.496. The summed E-state index contributed by atoms with van der Waals surface area (Å²) in [4.78, 5) is 16.3. The van der Waals surface area contributed by atoms with E-state index >= 15 is 0 Å². The van der Waals surface area contributed by atoms with Gasteiger partial charge >= 0.3 is 0 Å². The van der Waals surface area contributed by atoms with Crippen LogP contribution in [0.2, 0.25) is 0 Å². The molecule has 3 rings (SSSR count). The van der Waals surface area contributed by atoms with Gasteiger partial charge in [-0.15, -0.1) is 0 Å². The summed E-state index contributed by atoms with van der Waals surface area (Å²) in [5.74, 6) is 0.831. The van der Waals surface area contributed by atoms with Crippen molar-refractivity contribution in [3.05, 3.63) is 70.4 Å². The second kappa shape index (κ2) is 8.13. The highest BCUT2D eigenvalue weighted by Gasteiger charge is 2.15. The summed E-state index contributed by atoms with van der Waals surface area (Å²) in [6.07, 6.45) is 4.08. The molecule has 0 amide bonds. The zero-order valence-corrected chi connectivity index (χ0v) is 15.7. The smallest absolute Gasteiger partial charge is 0.152 e. The van der Waals surface area contributed by atoms with Crippen molar-refractivity contribution >= 4 is 17.2 Å². The minimum absolute atomic E-state index is 0.496. The Labute approximate surface area is 155 Å². The number of fused-ring (bicyclic) bond motifs is 1. The molecule has 134 valence electrons. The van der Waals surface area contributed by atoms with E-state index in [1.54, 1.807) is 0 Å². The predicted molar refractivity (Wildman–Crippen MR) is 106 cm³/mol. The molecule has 0 saturated heterocycles. The summed E-state index contributed by atoms with van der Waals surface area (Å²) in [7, 11) is 0. The first-order valence-electron chi connectivity index (χ1n) is 9.19. The molecule has 0 atom stereocenters. The number of aryl methyl sites for hydroxylation is 2. The zero-order valence-electron chi connectivity index (χ0n) is 15.7. The van der Waals surface area contributed by atoms with E-state index in [2.05, 4.69) is 30.1 Å². The lowest BCUT2D eigenvalue weighted by atomic mass is 9.99. The van der Waals surface area contributed by atoms with Crippen LogP contribution in [0, 0.1) is 13.8 Å². The third-order valence-electron chi connectivity index (χ3n) is 4.78. The van der Waals surface area contributed by atoms with Gasteiger partial charge in [0, 0.05) is 22.2 Å². The lowest BCUT2D eigenvalue weighted by Crippen LogP contribution is -2.03. The molecule has 2 aromatic carbocycles. The molecule has 3 nitrogen and oxygen atoms in total. The highest BCUT2D eigenvalue weighted by molar-refractivity contribution is 5.99. The van der Waals surface area contributed by atoms with Gasteiger partial charge in [-0.3, -0.25) is 9.78 Å². The third-order valence-corrected chi connectivity index (χ3v) is 4.78. The molecule has 0 bridgehead atoms. The minimum Gasteiger partial charge on any atom is -0.488 e. The van der Waals surface area contributed by atoms with Crippen LogP contribution in [0.15, 0.2) is 42.5 Å². The van der Waals surface area contributed by atoms with Gasteiger partial charge in [0.25, 0.3) is 0 Å². The number of carbonyl (C=O) groups is 1. The van der Waals surface area contributed by atoms with Gasteiger partial charge in [-0.2, -0.15) is 0 Å². The van der Waals surface area contributed by atoms with E-state index in [1.807, 2.05) is 38.1 Å². The van der Waals surface area contributed by atoms with Crippen LogP contribution >= 0.6 is 0 Å². The SMILES string of the molecule is CCCCc1cc(C=O)c2nc(C)c(C)c(OCc3ccccc3)c2c1. The standard InChI is InChI=1S/C23H25NO2/c1-4-5-9-19-12-20(14-25)22-21(13-19)23(16(2)17(3)24-22)26-15-18-10-7-6-8-11-18/h6-8,10-14H,4-5,9,15H2,1-3H3. The topological polar surface area (TPSA) is 39.2 Å². The molecule has 0 aliphatic rings. The molecular formula is C23H25NO2. The van der Waals surface area contributed by atoms with E-state index in [0.29, 0.717) is 12.2 Å². The molecule has 1 heterocycles. The predicted octanol–water partition coefficient (Wildman–Crippen LogP) is 5.59. The van der Waals surface area contributed by atoms with Gasteiger partial charge in [0.05, 0.1) is 5.52 Å². The molecule has 1 aromatic heterocycles. The fourth-order valence-corrected chi connectivity index (χ4v) is 3.17. The van der Waals surface area contributed by atoms with Crippen molar-refractivity contribution in [2.45, 2.75) is 46.6 Å². The summed E-state index contributed by atoms with van der Waals surface area (Å²) < 4.78 is 6.22. The van der Waals surface area contributed by atoms with Crippen LogP contribution in [0.4, 0.5) is 0 Å². The van der Waals surface area contributed by atoms with Crippen molar-refractivity contribution in [3.63, 3.8) is 0 Å². The summed E-state index contributed by atoms with van der Waals surface area (Å²) in [6, 6.07) is 14.2. The maximum absolute atomic E-state index is 11.7. The number of aldehydes is 1. The number of ether oxygens (including phenoxy) is 1. The van der Waals surface area contributed by atoms with Crippen LogP contribution in [0.1, 0.15) is 52.5 Å². The van der Waals surface area contributed by atoms with E-state index in [1.165, 1.54) is 0 Å². The van der Waals surface area contributed by atoms with Crippen LogP contribution in [-0.2, 0) is 13.0 Å². The van der Waals surface area contributed by atoms with E-state index in [0.717, 1.165) is 64.6 Å². The second-order valence-electron chi connectivity index (χ2n) is 6.73. The maximum atomic E-state index is 11.7. The molecule has 0 N–H and O–H groups in total. The number of carbonyl (C=O) groups excluding carboxylic acids is 1. The molecule has 26 heavy (non-hydrogen) atoms. The first kappa shape index (κ1) is 18.1. The summed E-state index contributed by atoms with van der Waals surface area (Å²) >= 11 is 0. The number of rotatable bonds is 7. The Hall–Kier alpha value is -2.68. The van der Waals surface area contributed by atoms with Crippen LogP contribution in [-0.4, -0.2) is 11.3 Å². The number of nitrogens with zero attached hydrogens (tertiary/aromatic N) is 1. The number of pyridine rings is 1. The lowest BCUT2D eigenvalue weighted by molar-refractivity contribution is 0.112. The molecular weight excluding hydrogens is 322 g/mol. The lowest BCUT2D eigenvalue weighted by Gasteiger charge is -2.16. The van der Waals surface area contributed by atoms with Gasteiger partial charge in [0.2, 0.25) is 0 Å². The largest absolute Gasteiger partial charge is 0.488 e. The maximum Gasteiger partial charge on any atom is 0.152 e. The summed E-state index contributed by atoms with van der Waals surface area (Å²) in [6.45, 7) is 6.66. The second-order valence-corrected chi connectivity index (χ2v) is 6.73. The van der Waals surface area contributed by atoms with Crippen LogP contribution in [0.3, 0.4) is 0 Å². The Morgan fingerprint density at radius 3 is 2.54 bits per heavy atom. The highest BCUT2D eigenvalue weighted by atomic mass is 16.5.